The molecule has 0 aliphatic carbocycles. The zero-order valence-electron chi connectivity index (χ0n) is 8.46. The number of hydrogen-bond acceptors (Lipinski definition) is 3. The van der Waals surface area contributed by atoms with Gasteiger partial charge in [-0.3, -0.25) is 4.79 Å². The van der Waals surface area contributed by atoms with Crippen LogP contribution in [-0.4, -0.2) is 11.1 Å². The van der Waals surface area contributed by atoms with E-state index in [9.17, 15) is 9.90 Å². The molecule has 82 valence electrons. The van der Waals surface area contributed by atoms with Crippen LogP contribution in [-0.2, 0) is 9.63 Å². The highest BCUT2D eigenvalue weighted by molar-refractivity contribution is 5.81. The van der Waals surface area contributed by atoms with Gasteiger partial charge in [-0.2, -0.15) is 0 Å². The topological polar surface area (TPSA) is 58.6 Å². The second kappa shape index (κ2) is 4.53. The highest BCUT2D eigenvalue weighted by Gasteiger charge is 2.23. The number of carbonyl (C=O) groups is 1. The van der Waals surface area contributed by atoms with Crippen molar-refractivity contribution in [1.82, 2.24) is 5.48 Å². The van der Waals surface area contributed by atoms with Gasteiger partial charge in [0, 0.05) is 6.20 Å². The molecule has 4 heteroatoms. The van der Waals surface area contributed by atoms with Gasteiger partial charge in [0.2, 0.25) is 0 Å². The van der Waals surface area contributed by atoms with Gasteiger partial charge in [-0.25, -0.2) is 5.48 Å². The maximum Gasteiger partial charge on any atom is 0.315 e. The molecule has 0 fully saturated rings. The Morgan fingerprint density at radius 2 is 2.06 bits per heavy atom. The second-order valence-corrected chi connectivity index (χ2v) is 3.36. The molecule has 0 spiro atoms. The monoisotopic (exact) mass is 217 g/mol. The fourth-order valence-corrected chi connectivity index (χ4v) is 1.60. The quantitative estimate of drug-likeness (QED) is 0.810. The molecule has 2 N–H and O–H groups in total. The first-order valence-corrected chi connectivity index (χ1v) is 4.84. The normalized spacial score (nSPS) is 15.6. The minimum Gasteiger partial charge on any atom is -0.481 e. The van der Waals surface area contributed by atoms with E-state index in [-0.39, 0.29) is 0 Å². The van der Waals surface area contributed by atoms with Crippen LogP contribution < -0.4 is 5.48 Å². The van der Waals surface area contributed by atoms with E-state index < -0.39 is 11.9 Å². The SMILES string of the molecule is O=C(O)C(C1=CNOC=C1)c1ccccc1. The van der Waals surface area contributed by atoms with Crippen LogP contribution in [0.3, 0.4) is 0 Å². The van der Waals surface area contributed by atoms with Crippen LogP contribution in [0.15, 0.2) is 54.4 Å². The van der Waals surface area contributed by atoms with Crippen LogP contribution in [0.5, 0.6) is 0 Å². The lowest BCUT2D eigenvalue weighted by atomic mass is 9.91. The zero-order valence-corrected chi connectivity index (χ0v) is 8.46. The van der Waals surface area contributed by atoms with Crippen LogP contribution in [0.2, 0.25) is 0 Å². The Morgan fingerprint density at radius 1 is 1.31 bits per heavy atom. The van der Waals surface area contributed by atoms with Gasteiger partial charge in [0.25, 0.3) is 0 Å². The van der Waals surface area contributed by atoms with Crippen molar-refractivity contribution >= 4 is 5.97 Å². The molecule has 0 bridgehead atoms. The van der Waals surface area contributed by atoms with Gasteiger partial charge in [0.15, 0.2) is 0 Å². The molecule has 0 amide bonds. The smallest absolute Gasteiger partial charge is 0.315 e. The van der Waals surface area contributed by atoms with Gasteiger partial charge in [-0.05, 0) is 17.2 Å². The predicted octanol–water partition coefficient (Wildman–Crippen LogP) is 1.79. The van der Waals surface area contributed by atoms with Crippen molar-refractivity contribution in [2.75, 3.05) is 0 Å². The van der Waals surface area contributed by atoms with Crippen LogP contribution in [0.1, 0.15) is 11.5 Å². The second-order valence-electron chi connectivity index (χ2n) is 3.36. The number of rotatable bonds is 3. The van der Waals surface area contributed by atoms with Crippen molar-refractivity contribution in [3.63, 3.8) is 0 Å². The molecule has 1 aliphatic rings. The molecule has 0 aromatic heterocycles. The standard InChI is InChI=1S/C12H11NO3/c14-12(15)11(9-4-2-1-3-5-9)10-6-7-16-13-8-10/h1-8,11,13H,(H,14,15). The molecule has 1 aromatic rings. The Hall–Kier alpha value is -2.23. The van der Waals surface area contributed by atoms with E-state index in [2.05, 4.69) is 5.48 Å². The molecular weight excluding hydrogens is 206 g/mol. The molecule has 2 rings (SSSR count). The third kappa shape index (κ3) is 2.06. The predicted molar refractivity (Wildman–Crippen MR) is 58.3 cm³/mol. The zero-order chi connectivity index (χ0) is 11.4. The van der Waals surface area contributed by atoms with Crippen molar-refractivity contribution in [1.29, 1.82) is 0 Å². The Balaban J connectivity index is 2.35. The van der Waals surface area contributed by atoms with E-state index in [1.807, 2.05) is 18.2 Å². The van der Waals surface area contributed by atoms with E-state index >= 15 is 0 Å². The van der Waals surface area contributed by atoms with Gasteiger partial charge in [0.1, 0.15) is 12.2 Å². The van der Waals surface area contributed by atoms with Crippen molar-refractivity contribution < 1.29 is 14.7 Å². The van der Waals surface area contributed by atoms with Gasteiger partial charge >= 0.3 is 5.97 Å². The lowest BCUT2D eigenvalue weighted by Gasteiger charge is -2.16. The van der Waals surface area contributed by atoms with E-state index in [0.717, 1.165) is 5.56 Å². The number of hydroxylamine groups is 1. The Morgan fingerprint density at radius 3 is 2.62 bits per heavy atom. The molecule has 1 aromatic carbocycles. The lowest BCUT2D eigenvalue weighted by Crippen LogP contribution is -2.17. The molecule has 1 aliphatic heterocycles. The highest BCUT2D eigenvalue weighted by Crippen LogP contribution is 2.26. The van der Waals surface area contributed by atoms with E-state index in [0.29, 0.717) is 5.57 Å². The van der Waals surface area contributed by atoms with Crippen molar-refractivity contribution in [3.05, 3.63) is 60.0 Å². The summed E-state index contributed by atoms with van der Waals surface area (Å²) >= 11 is 0. The summed E-state index contributed by atoms with van der Waals surface area (Å²) in [7, 11) is 0. The average molecular weight is 217 g/mol. The third-order valence-corrected chi connectivity index (χ3v) is 2.34. The number of aliphatic carboxylic acids is 1. The molecule has 0 radical (unpaired) electrons. The first kappa shape index (κ1) is 10.3. The molecule has 0 saturated carbocycles. The number of allylic oxidation sites excluding steroid dienone is 1. The average Bonchev–Trinajstić information content (AvgIpc) is 2.31. The van der Waals surface area contributed by atoms with Gasteiger partial charge < -0.3 is 9.94 Å². The third-order valence-electron chi connectivity index (χ3n) is 2.34. The number of benzene rings is 1. The summed E-state index contributed by atoms with van der Waals surface area (Å²) in [5, 5.41) is 9.24. The summed E-state index contributed by atoms with van der Waals surface area (Å²) in [6, 6.07) is 9.09. The maximum atomic E-state index is 11.3. The minimum absolute atomic E-state index is 0.657. The van der Waals surface area contributed by atoms with E-state index in [1.165, 1.54) is 6.26 Å². The number of carboxylic acid groups (broad SMARTS) is 1. The lowest BCUT2D eigenvalue weighted by molar-refractivity contribution is -0.137. The molecule has 0 saturated heterocycles. The molecule has 1 atom stereocenters. The Kier molecular flexibility index (Phi) is 2.91. The highest BCUT2D eigenvalue weighted by atomic mass is 16.6. The van der Waals surface area contributed by atoms with Crippen molar-refractivity contribution in [2.24, 2.45) is 0 Å². The van der Waals surface area contributed by atoms with Crippen LogP contribution >= 0.6 is 0 Å². The van der Waals surface area contributed by atoms with Crippen molar-refractivity contribution in [2.45, 2.75) is 5.92 Å². The van der Waals surface area contributed by atoms with Gasteiger partial charge in [0.05, 0.1) is 0 Å². The summed E-state index contributed by atoms with van der Waals surface area (Å²) in [6.45, 7) is 0. The minimum atomic E-state index is -0.884. The van der Waals surface area contributed by atoms with Crippen molar-refractivity contribution in [3.8, 4) is 0 Å². The molecule has 16 heavy (non-hydrogen) atoms. The summed E-state index contributed by atoms with van der Waals surface area (Å²) in [6.07, 6.45) is 4.61. The Labute approximate surface area is 92.8 Å². The first-order valence-electron chi connectivity index (χ1n) is 4.84. The Bertz CT molecular complexity index is 437. The first-order chi connectivity index (χ1) is 7.79. The number of hydrogen-bond donors (Lipinski definition) is 2. The summed E-state index contributed by atoms with van der Waals surface area (Å²) < 4.78 is 0. The molecular formula is C12H11NO3. The van der Waals surface area contributed by atoms with Crippen LogP contribution in [0.25, 0.3) is 0 Å². The summed E-state index contributed by atoms with van der Waals surface area (Å²) in [5.74, 6) is -1.56. The molecule has 4 nitrogen and oxygen atoms in total. The largest absolute Gasteiger partial charge is 0.481 e. The summed E-state index contributed by atoms with van der Waals surface area (Å²) in [4.78, 5) is 16.0. The summed E-state index contributed by atoms with van der Waals surface area (Å²) in [5.41, 5.74) is 3.93. The van der Waals surface area contributed by atoms with E-state index in [4.69, 9.17) is 4.84 Å². The fraction of sp³-hybridized carbons (Fsp3) is 0.0833. The molecule has 1 unspecified atom stereocenters. The molecule has 1 heterocycles. The van der Waals surface area contributed by atoms with Crippen LogP contribution in [0.4, 0.5) is 0 Å². The van der Waals surface area contributed by atoms with Gasteiger partial charge in [-0.1, -0.05) is 30.3 Å². The fourth-order valence-electron chi connectivity index (χ4n) is 1.60. The number of carboxylic acids is 1. The van der Waals surface area contributed by atoms with E-state index in [1.54, 1.807) is 24.4 Å². The van der Waals surface area contributed by atoms with Crippen LogP contribution in [0, 0.1) is 0 Å². The maximum absolute atomic E-state index is 11.3. The van der Waals surface area contributed by atoms with Gasteiger partial charge in [-0.15, -0.1) is 0 Å². The number of nitrogens with one attached hydrogen (secondary N) is 1.